The molecule has 0 spiro atoms. The fourth-order valence-electron chi connectivity index (χ4n) is 3.74. The third-order valence-corrected chi connectivity index (χ3v) is 6.84. The van der Waals surface area contributed by atoms with Gasteiger partial charge >= 0.3 is 0 Å². The van der Waals surface area contributed by atoms with Crippen molar-refractivity contribution in [2.75, 3.05) is 5.32 Å². The zero-order chi connectivity index (χ0) is 23.5. The molecule has 3 aromatic heterocycles. The summed E-state index contributed by atoms with van der Waals surface area (Å²) in [6, 6.07) is 22.9. The number of para-hydroxylation sites is 1. The number of nitrogens with zero attached hydrogens (tertiary/aromatic N) is 3. The van der Waals surface area contributed by atoms with Gasteiger partial charge in [0, 0.05) is 27.3 Å². The van der Waals surface area contributed by atoms with Crippen molar-refractivity contribution in [1.29, 1.82) is 0 Å². The maximum atomic E-state index is 13.2. The first-order valence-corrected chi connectivity index (χ1v) is 11.9. The highest BCUT2D eigenvalue weighted by molar-refractivity contribution is 7.99. The third-order valence-electron chi connectivity index (χ3n) is 5.36. The van der Waals surface area contributed by atoms with Gasteiger partial charge in [0.1, 0.15) is 10.8 Å². The van der Waals surface area contributed by atoms with Crippen LogP contribution in [0.2, 0.25) is 5.15 Å². The van der Waals surface area contributed by atoms with Gasteiger partial charge in [-0.25, -0.2) is 0 Å². The summed E-state index contributed by atoms with van der Waals surface area (Å²) in [5, 5.41) is 11.6. The SMILES string of the molecule is CC(Sc1ccccc1C(=O)Nc1cnc2ccccc2c1)c1c(-c2ccccn2)n[nH]c1Cl. The molecule has 0 bridgehead atoms. The van der Waals surface area contributed by atoms with Gasteiger partial charge in [-0.2, -0.15) is 5.10 Å². The van der Waals surface area contributed by atoms with E-state index < -0.39 is 0 Å². The minimum atomic E-state index is -0.198. The molecular weight excluding hydrogens is 466 g/mol. The number of carbonyl (C=O) groups is 1. The second-order valence-electron chi connectivity index (χ2n) is 7.64. The number of hydrogen-bond donors (Lipinski definition) is 2. The molecule has 0 aliphatic heterocycles. The number of amides is 1. The Kier molecular flexibility index (Phi) is 6.29. The molecule has 2 aromatic carbocycles. The zero-order valence-corrected chi connectivity index (χ0v) is 19.8. The highest BCUT2D eigenvalue weighted by Gasteiger charge is 2.23. The van der Waals surface area contributed by atoms with Crippen LogP contribution >= 0.6 is 23.4 Å². The van der Waals surface area contributed by atoms with Gasteiger partial charge in [-0.15, -0.1) is 11.8 Å². The Morgan fingerprint density at radius 1 is 1.03 bits per heavy atom. The molecule has 0 saturated carbocycles. The lowest BCUT2D eigenvalue weighted by Crippen LogP contribution is -2.13. The van der Waals surface area contributed by atoms with E-state index in [1.807, 2.05) is 79.7 Å². The molecule has 3 heterocycles. The van der Waals surface area contributed by atoms with Crippen LogP contribution in [0.4, 0.5) is 5.69 Å². The van der Waals surface area contributed by atoms with E-state index >= 15 is 0 Å². The van der Waals surface area contributed by atoms with E-state index in [1.54, 1.807) is 24.2 Å². The Hall–Kier alpha value is -3.68. The number of rotatable bonds is 6. The average Bonchev–Trinajstić information content (AvgIpc) is 3.26. The summed E-state index contributed by atoms with van der Waals surface area (Å²) in [5.74, 6) is -0.198. The second-order valence-corrected chi connectivity index (χ2v) is 9.40. The van der Waals surface area contributed by atoms with Crippen LogP contribution in [0, 0.1) is 0 Å². The number of pyridine rings is 2. The number of nitrogens with one attached hydrogen (secondary N) is 2. The number of thioether (sulfide) groups is 1. The molecule has 0 saturated heterocycles. The summed E-state index contributed by atoms with van der Waals surface area (Å²) in [4.78, 5) is 22.9. The molecule has 168 valence electrons. The number of aromatic nitrogens is 4. The predicted molar refractivity (Wildman–Crippen MR) is 137 cm³/mol. The summed E-state index contributed by atoms with van der Waals surface area (Å²) >= 11 is 8.01. The van der Waals surface area contributed by atoms with Crippen LogP contribution in [0.1, 0.15) is 28.1 Å². The maximum absolute atomic E-state index is 13.2. The molecule has 0 aliphatic rings. The molecule has 2 N–H and O–H groups in total. The Morgan fingerprint density at radius 3 is 2.68 bits per heavy atom. The lowest BCUT2D eigenvalue weighted by molar-refractivity contribution is 0.102. The van der Waals surface area contributed by atoms with Crippen LogP contribution < -0.4 is 5.32 Å². The zero-order valence-electron chi connectivity index (χ0n) is 18.2. The summed E-state index contributed by atoms with van der Waals surface area (Å²) in [6.45, 7) is 2.04. The van der Waals surface area contributed by atoms with E-state index in [-0.39, 0.29) is 11.2 Å². The number of fused-ring (bicyclic) bond motifs is 1. The van der Waals surface area contributed by atoms with Crippen LogP contribution in [0.3, 0.4) is 0 Å². The minimum absolute atomic E-state index is 0.0838. The molecule has 0 aliphatic carbocycles. The van der Waals surface area contributed by atoms with Gasteiger partial charge in [0.05, 0.1) is 28.7 Å². The van der Waals surface area contributed by atoms with Crippen LogP contribution in [0.25, 0.3) is 22.3 Å². The molecule has 1 amide bonds. The predicted octanol–water partition coefficient (Wildman–Crippen LogP) is 6.78. The number of H-pyrrole nitrogens is 1. The largest absolute Gasteiger partial charge is 0.321 e. The van der Waals surface area contributed by atoms with Gasteiger partial charge in [0.25, 0.3) is 5.91 Å². The second kappa shape index (κ2) is 9.67. The molecule has 5 aromatic rings. The monoisotopic (exact) mass is 485 g/mol. The number of benzene rings is 2. The highest BCUT2D eigenvalue weighted by Crippen LogP contribution is 2.42. The first-order valence-electron chi connectivity index (χ1n) is 10.7. The van der Waals surface area contributed by atoms with Crippen LogP contribution in [0.15, 0.2) is 90.1 Å². The van der Waals surface area contributed by atoms with E-state index in [4.69, 9.17) is 11.6 Å². The standard InChI is InChI=1S/C26H20ClN5OS/c1-16(23-24(31-32-25(23)27)21-11-6-7-13-28-21)34-22-12-5-3-9-19(22)26(33)30-18-14-17-8-2-4-10-20(17)29-15-18/h2-16H,1H3,(H,30,33)(H,31,32). The van der Waals surface area contributed by atoms with Crippen molar-refractivity contribution < 1.29 is 4.79 Å². The van der Waals surface area contributed by atoms with Gasteiger partial charge in [-0.1, -0.05) is 48.0 Å². The molecule has 0 fully saturated rings. The van der Waals surface area contributed by atoms with Crippen molar-refractivity contribution in [3.63, 3.8) is 0 Å². The van der Waals surface area contributed by atoms with Gasteiger partial charge < -0.3 is 5.32 Å². The molecule has 1 unspecified atom stereocenters. The fraction of sp³-hybridized carbons (Fsp3) is 0.0769. The minimum Gasteiger partial charge on any atom is -0.321 e. The summed E-state index contributed by atoms with van der Waals surface area (Å²) < 4.78 is 0. The van der Waals surface area contributed by atoms with Gasteiger partial charge in [0.2, 0.25) is 0 Å². The van der Waals surface area contributed by atoms with Crippen molar-refractivity contribution >= 4 is 45.9 Å². The van der Waals surface area contributed by atoms with E-state index in [1.165, 1.54) is 0 Å². The van der Waals surface area contributed by atoms with E-state index in [0.717, 1.165) is 27.1 Å². The highest BCUT2D eigenvalue weighted by atomic mass is 35.5. The van der Waals surface area contributed by atoms with Crippen molar-refractivity contribution in [2.45, 2.75) is 17.1 Å². The average molecular weight is 486 g/mol. The number of aromatic amines is 1. The smallest absolute Gasteiger partial charge is 0.256 e. The molecule has 34 heavy (non-hydrogen) atoms. The molecule has 1 atom stereocenters. The molecular formula is C26H20ClN5OS. The van der Waals surface area contributed by atoms with E-state index in [2.05, 4.69) is 25.5 Å². The Morgan fingerprint density at radius 2 is 1.82 bits per heavy atom. The quantitative estimate of drug-likeness (QED) is 0.259. The number of carbonyl (C=O) groups excluding carboxylic acids is 1. The topological polar surface area (TPSA) is 83.6 Å². The number of hydrogen-bond acceptors (Lipinski definition) is 5. The van der Waals surface area contributed by atoms with Crippen LogP contribution in [0.5, 0.6) is 0 Å². The van der Waals surface area contributed by atoms with Gasteiger partial charge in [0.15, 0.2) is 0 Å². The first-order chi connectivity index (χ1) is 16.6. The molecule has 6 nitrogen and oxygen atoms in total. The van der Waals surface area contributed by atoms with Gasteiger partial charge in [-0.3, -0.25) is 19.9 Å². The van der Waals surface area contributed by atoms with E-state index in [9.17, 15) is 4.79 Å². The van der Waals surface area contributed by atoms with E-state index in [0.29, 0.717) is 22.1 Å². The Balaban J connectivity index is 1.40. The maximum Gasteiger partial charge on any atom is 0.256 e. The van der Waals surface area contributed by atoms with Crippen molar-refractivity contribution in [2.24, 2.45) is 0 Å². The third kappa shape index (κ3) is 4.53. The lowest BCUT2D eigenvalue weighted by atomic mass is 10.1. The summed E-state index contributed by atoms with van der Waals surface area (Å²) in [5.41, 5.74) is 4.39. The van der Waals surface area contributed by atoms with Crippen molar-refractivity contribution in [3.05, 3.63) is 101 Å². The Bertz CT molecular complexity index is 1470. The Labute approximate surface area is 205 Å². The van der Waals surface area contributed by atoms with Crippen molar-refractivity contribution in [3.8, 4) is 11.4 Å². The summed E-state index contributed by atoms with van der Waals surface area (Å²) in [7, 11) is 0. The van der Waals surface area contributed by atoms with Crippen LogP contribution in [-0.2, 0) is 0 Å². The first kappa shape index (κ1) is 22.1. The normalized spacial score (nSPS) is 11.9. The molecule has 8 heteroatoms. The lowest BCUT2D eigenvalue weighted by Gasteiger charge is -2.15. The number of anilines is 1. The van der Waals surface area contributed by atoms with Crippen molar-refractivity contribution in [1.82, 2.24) is 20.2 Å². The number of halogens is 1. The fourth-order valence-corrected chi connectivity index (χ4v) is 5.28. The molecule has 5 rings (SSSR count). The van der Waals surface area contributed by atoms with Gasteiger partial charge in [-0.05, 0) is 43.3 Å². The van der Waals surface area contributed by atoms with Crippen LogP contribution in [-0.4, -0.2) is 26.1 Å². The summed E-state index contributed by atoms with van der Waals surface area (Å²) in [6.07, 6.45) is 3.39. The molecule has 0 radical (unpaired) electrons.